The van der Waals surface area contributed by atoms with Crippen molar-refractivity contribution in [2.45, 2.75) is 6.18 Å². The van der Waals surface area contributed by atoms with Gasteiger partial charge in [0.25, 0.3) is 5.69 Å². The van der Waals surface area contributed by atoms with Gasteiger partial charge in [-0.15, -0.1) is 0 Å². The zero-order valence-corrected chi connectivity index (χ0v) is 10.7. The molecule has 1 aromatic carbocycles. The van der Waals surface area contributed by atoms with Crippen molar-refractivity contribution in [3.05, 3.63) is 52.7 Å². The fourth-order valence-corrected chi connectivity index (χ4v) is 1.89. The van der Waals surface area contributed by atoms with Gasteiger partial charge in [0.2, 0.25) is 5.82 Å². The third-order valence-electron chi connectivity index (χ3n) is 2.86. The molecule has 0 saturated carbocycles. The Labute approximate surface area is 120 Å². The van der Waals surface area contributed by atoms with E-state index in [1.807, 2.05) is 0 Å². The molecule has 0 unspecified atom stereocenters. The molecule has 0 fully saturated rings. The fourth-order valence-electron chi connectivity index (χ4n) is 1.89. The minimum absolute atomic E-state index is 0.0807. The molecule has 0 aliphatic carbocycles. The highest BCUT2D eigenvalue weighted by molar-refractivity contribution is 5.72. The van der Waals surface area contributed by atoms with E-state index in [2.05, 4.69) is 15.0 Å². The molecule has 0 bridgehead atoms. The van der Waals surface area contributed by atoms with Crippen LogP contribution in [0, 0.1) is 10.1 Å². The quantitative estimate of drug-likeness (QED) is 0.536. The van der Waals surface area contributed by atoms with E-state index in [0.29, 0.717) is 0 Å². The van der Waals surface area contributed by atoms with Gasteiger partial charge >= 0.3 is 6.18 Å². The van der Waals surface area contributed by atoms with Crippen LogP contribution in [0.5, 0.6) is 0 Å². The normalized spacial score (nSPS) is 11.8. The average molecular weight is 309 g/mol. The van der Waals surface area contributed by atoms with Crippen molar-refractivity contribution in [3.63, 3.8) is 0 Å². The van der Waals surface area contributed by atoms with E-state index in [4.69, 9.17) is 0 Å². The highest BCUT2D eigenvalue weighted by Crippen LogP contribution is 2.27. The molecule has 112 valence electrons. The first kappa shape index (κ1) is 13.9. The number of imidazole rings is 1. The minimum atomic E-state index is -4.69. The molecule has 0 amide bonds. The van der Waals surface area contributed by atoms with Gasteiger partial charge in [-0.1, -0.05) is 6.07 Å². The number of halogens is 3. The number of fused-ring (bicyclic) bond motifs is 1. The number of nitro benzene ring substituents is 1. The molecule has 0 aliphatic rings. The Hall–Kier alpha value is -3.04. The van der Waals surface area contributed by atoms with Gasteiger partial charge in [-0.3, -0.25) is 14.7 Å². The number of nitrogens with zero attached hydrogens (tertiary/aromatic N) is 5. The van der Waals surface area contributed by atoms with Gasteiger partial charge in [0.1, 0.15) is 11.8 Å². The van der Waals surface area contributed by atoms with E-state index < -0.39 is 16.9 Å². The first-order valence-electron chi connectivity index (χ1n) is 5.88. The Bertz CT molecular complexity index is 875. The minimum Gasteiger partial charge on any atom is -0.283 e. The first-order valence-corrected chi connectivity index (χ1v) is 5.88. The average Bonchev–Trinajstić information content (AvgIpc) is 2.89. The molecule has 3 rings (SSSR count). The molecular weight excluding hydrogens is 303 g/mol. The molecule has 2 aromatic heterocycles. The summed E-state index contributed by atoms with van der Waals surface area (Å²) in [7, 11) is 0. The summed E-state index contributed by atoms with van der Waals surface area (Å²) in [5, 5.41) is 10.8. The molecule has 0 aliphatic heterocycles. The van der Waals surface area contributed by atoms with E-state index in [-0.39, 0.29) is 22.5 Å². The van der Waals surface area contributed by atoms with Gasteiger partial charge in [-0.2, -0.15) is 13.2 Å². The molecule has 22 heavy (non-hydrogen) atoms. The van der Waals surface area contributed by atoms with Crippen LogP contribution >= 0.6 is 0 Å². The molecule has 0 N–H and O–H groups in total. The summed E-state index contributed by atoms with van der Waals surface area (Å²) in [5.74, 6) is -1.30. The standard InChI is InChI=1S/C12H6F3N5O2/c13-12(14,15)11-16-5-9-10(18-11)19(6-17-9)7-2-1-3-8(4-7)20(21)22/h1-6H. The van der Waals surface area contributed by atoms with Crippen molar-refractivity contribution in [1.82, 2.24) is 19.5 Å². The van der Waals surface area contributed by atoms with Gasteiger partial charge in [0, 0.05) is 12.1 Å². The van der Waals surface area contributed by atoms with Crippen LogP contribution in [0.2, 0.25) is 0 Å². The van der Waals surface area contributed by atoms with Crippen LogP contribution in [-0.2, 0) is 6.18 Å². The Morgan fingerprint density at radius 3 is 2.68 bits per heavy atom. The molecular formula is C12H6F3N5O2. The van der Waals surface area contributed by atoms with Gasteiger partial charge in [0.15, 0.2) is 5.65 Å². The van der Waals surface area contributed by atoms with Crippen molar-refractivity contribution in [3.8, 4) is 5.69 Å². The number of aromatic nitrogens is 4. The number of nitro groups is 1. The molecule has 0 saturated heterocycles. The summed E-state index contributed by atoms with van der Waals surface area (Å²) in [6.07, 6.45) is -2.50. The topological polar surface area (TPSA) is 86.7 Å². The van der Waals surface area contributed by atoms with E-state index in [9.17, 15) is 23.3 Å². The number of benzene rings is 1. The lowest BCUT2D eigenvalue weighted by Gasteiger charge is -2.06. The fraction of sp³-hybridized carbons (Fsp3) is 0.0833. The van der Waals surface area contributed by atoms with Gasteiger partial charge in [-0.05, 0) is 6.07 Å². The highest BCUT2D eigenvalue weighted by Gasteiger charge is 2.35. The van der Waals surface area contributed by atoms with Crippen molar-refractivity contribution in [2.24, 2.45) is 0 Å². The summed E-state index contributed by atoms with van der Waals surface area (Å²) in [5.41, 5.74) is 0.162. The lowest BCUT2D eigenvalue weighted by Crippen LogP contribution is -2.11. The SMILES string of the molecule is O=[N+]([O-])c1cccc(-n2cnc3cnc(C(F)(F)F)nc32)c1. The maximum atomic E-state index is 12.7. The third kappa shape index (κ3) is 2.34. The molecule has 10 heteroatoms. The van der Waals surface area contributed by atoms with Crippen molar-refractivity contribution in [1.29, 1.82) is 0 Å². The zero-order chi connectivity index (χ0) is 15.9. The Kier molecular flexibility index (Phi) is 3.01. The van der Waals surface area contributed by atoms with Gasteiger partial charge in [0.05, 0.1) is 16.8 Å². The van der Waals surface area contributed by atoms with Crippen molar-refractivity contribution in [2.75, 3.05) is 0 Å². The van der Waals surface area contributed by atoms with E-state index in [0.717, 1.165) is 6.20 Å². The smallest absolute Gasteiger partial charge is 0.283 e. The van der Waals surface area contributed by atoms with Crippen LogP contribution in [0.15, 0.2) is 36.8 Å². The zero-order valence-electron chi connectivity index (χ0n) is 10.7. The number of alkyl halides is 3. The number of non-ortho nitro benzene ring substituents is 1. The van der Waals surface area contributed by atoms with Crippen LogP contribution in [-0.4, -0.2) is 24.4 Å². The summed E-state index contributed by atoms with van der Waals surface area (Å²) in [6.45, 7) is 0. The summed E-state index contributed by atoms with van der Waals surface area (Å²) in [4.78, 5) is 20.7. The van der Waals surface area contributed by atoms with E-state index in [1.54, 1.807) is 0 Å². The van der Waals surface area contributed by atoms with E-state index >= 15 is 0 Å². The lowest BCUT2D eigenvalue weighted by atomic mass is 10.3. The second kappa shape index (κ2) is 4.76. The van der Waals surface area contributed by atoms with Gasteiger partial charge in [-0.25, -0.2) is 15.0 Å². The molecule has 3 aromatic rings. The first-order chi connectivity index (χ1) is 10.4. The van der Waals surface area contributed by atoms with Crippen LogP contribution in [0.1, 0.15) is 5.82 Å². The summed E-state index contributed by atoms with van der Waals surface area (Å²) in [6, 6.07) is 5.42. The Morgan fingerprint density at radius 2 is 2.00 bits per heavy atom. The number of hydrogen-bond donors (Lipinski definition) is 0. The molecule has 0 radical (unpaired) electrons. The van der Waals surface area contributed by atoms with E-state index in [1.165, 1.54) is 35.2 Å². The monoisotopic (exact) mass is 309 g/mol. The molecule has 2 heterocycles. The van der Waals surface area contributed by atoms with Crippen LogP contribution in [0.4, 0.5) is 18.9 Å². The van der Waals surface area contributed by atoms with Crippen molar-refractivity contribution < 1.29 is 18.1 Å². The predicted molar refractivity (Wildman–Crippen MR) is 68.3 cm³/mol. The maximum Gasteiger partial charge on any atom is 0.451 e. The Balaban J connectivity index is 2.19. The number of rotatable bonds is 2. The lowest BCUT2D eigenvalue weighted by molar-refractivity contribution is -0.384. The maximum absolute atomic E-state index is 12.7. The summed E-state index contributed by atoms with van der Waals surface area (Å²) < 4.78 is 39.3. The predicted octanol–water partition coefficient (Wildman–Crippen LogP) is 2.74. The second-order valence-electron chi connectivity index (χ2n) is 4.29. The van der Waals surface area contributed by atoms with Crippen molar-refractivity contribution >= 4 is 16.9 Å². The van der Waals surface area contributed by atoms with Crippen LogP contribution in [0.3, 0.4) is 0 Å². The number of hydrogen-bond acceptors (Lipinski definition) is 5. The Morgan fingerprint density at radius 1 is 1.23 bits per heavy atom. The molecule has 7 nitrogen and oxygen atoms in total. The molecule has 0 spiro atoms. The largest absolute Gasteiger partial charge is 0.451 e. The summed E-state index contributed by atoms with van der Waals surface area (Å²) >= 11 is 0. The third-order valence-corrected chi connectivity index (χ3v) is 2.86. The molecule has 0 atom stereocenters. The highest BCUT2D eigenvalue weighted by atomic mass is 19.4. The van der Waals surface area contributed by atoms with Crippen LogP contribution in [0.25, 0.3) is 16.9 Å². The van der Waals surface area contributed by atoms with Crippen LogP contribution < -0.4 is 0 Å². The second-order valence-corrected chi connectivity index (χ2v) is 4.29. The van der Waals surface area contributed by atoms with Gasteiger partial charge < -0.3 is 0 Å².